The number of hydrazine groups is 1. The summed E-state index contributed by atoms with van der Waals surface area (Å²) < 4.78 is 0. The van der Waals surface area contributed by atoms with Crippen molar-refractivity contribution in [1.82, 2.24) is 10.0 Å². The van der Waals surface area contributed by atoms with Crippen LogP contribution < -0.4 is 0 Å². The van der Waals surface area contributed by atoms with E-state index in [0.29, 0.717) is 11.3 Å². The fourth-order valence-corrected chi connectivity index (χ4v) is 4.87. The largest absolute Gasteiger partial charge is 0.479 e. The average Bonchev–Trinajstić information content (AvgIpc) is 2.79. The van der Waals surface area contributed by atoms with E-state index in [1.165, 1.54) is 23.7 Å². The Labute approximate surface area is 197 Å². The average molecular weight is 469 g/mol. The smallest absolute Gasteiger partial charge is 0.334 e. The zero-order valence-corrected chi connectivity index (χ0v) is 19.6. The lowest BCUT2D eigenvalue weighted by Gasteiger charge is -2.45. The minimum atomic E-state index is -1.90. The molecule has 1 heterocycles. The Bertz CT molecular complexity index is 1030. The summed E-state index contributed by atoms with van der Waals surface area (Å²) in [5, 5.41) is 24.0. The monoisotopic (exact) mass is 468 g/mol. The van der Waals surface area contributed by atoms with Gasteiger partial charge in [-0.15, -0.1) is 11.8 Å². The Morgan fingerprint density at radius 3 is 2.15 bits per heavy atom. The van der Waals surface area contributed by atoms with E-state index in [2.05, 4.69) is 0 Å². The van der Waals surface area contributed by atoms with Gasteiger partial charge >= 0.3 is 5.97 Å². The summed E-state index contributed by atoms with van der Waals surface area (Å²) in [5.41, 5.74) is 1.90. The quantitative estimate of drug-likeness (QED) is 0.616. The highest BCUT2D eigenvalue weighted by Gasteiger charge is 2.44. The second-order valence-corrected chi connectivity index (χ2v) is 9.24. The van der Waals surface area contributed by atoms with Gasteiger partial charge in [0.2, 0.25) is 5.91 Å². The third-order valence-corrected chi connectivity index (χ3v) is 6.84. The van der Waals surface area contributed by atoms with Crippen LogP contribution >= 0.6 is 11.8 Å². The number of benzene rings is 2. The molecule has 1 aliphatic heterocycles. The molecule has 2 N–H and O–H groups in total. The van der Waals surface area contributed by atoms with Crippen LogP contribution in [0.15, 0.2) is 66.1 Å². The number of aliphatic hydroxyl groups is 1. The Morgan fingerprint density at radius 1 is 1.06 bits per heavy atom. The summed E-state index contributed by atoms with van der Waals surface area (Å²) in [6.45, 7) is 5.11. The van der Waals surface area contributed by atoms with E-state index in [-0.39, 0.29) is 18.2 Å². The summed E-state index contributed by atoms with van der Waals surface area (Å²) in [7, 11) is 0. The van der Waals surface area contributed by atoms with Crippen molar-refractivity contribution in [2.75, 3.05) is 0 Å². The third kappa shape index (κ3) is 5.46. The number of hydrogen-bond acceptors (Lipinski definition) is 5. The van der Waals surface area contributed by atoms with Gasteiger partial charge in [-0.1, -0.05) is 74.5 Å². The van der Waals surface area contributed by atoms with Gasteiger partial charge in [-0.3, -0.25) is 9.59 Å². The van der Waals surface area contributed by atoms with Crippen molar-refractivity contribution >= 4 is 35.2 Å². The molecule has 2 amide bonds. The van der Waals surface area contributed by atoms with E-state index in [4.69, 9.17) is 0 Å². The number of carboxylic acids is 1. The molecule has 0 spiro atoms. The number of thioether (sulfide) groups is 1. The molecule has 0 fully saturated rings. The number of nitrogens with zero attached hydrogens (tertiary/aromatic N) is 2. The molecule has 3 atom stereocenters. The molecule has 8 heteroatoms. The zero-order valence-electron chi connectivity index (χ0n) is 18.8. The molecular formula is C25H28N2O5S. The molecule has 3 rings (SSSR count). The fourth-order valence-electron chi connectivity index (χ4n) is 3.82. The van der Waals surface area contributed by atoms with Gasteiger partial charge in [0.15, 0.2) is 6.10 Å². The molecule has 2 aromatic carbocycles. The van der Waals surface area contributed by atoms with Gasteiger partial charge in [0.1, 0.15) is 0 Å². The van der Waals surface area contributed by atoms with Crippen LogP contribution in [0.3, 0.4) is 0 Å². The normalized spacial score (nSPS) is 18.0. The molecule has 0 saturated heterocycles. The van der Waals surface area contributed by atoms with E-state index in [9.17, 15) is 24.6 Å². The van der Waals surface area contributed by atoms with Crippen molar-refractivity contribution in [1.29, 1.82) is 0 Å². The molecule has 0 radical (unpaired) electrons. The van der Waals surface area contributed by atoms with Crippen molar-refractivity contribution < 1.29 is 24.6 Å². The van der Waals surface area contributed by atoms with Crippen LogP contribution in [0.1, 0.15) is 31.9 Å². The maximum absolute atomic E-state index is 13.7. The fraction of sp³-hybridized carbons (Fsp3) is 0.320. The highest BCUT2D eigenvalue weighted by molar-refractivity contribution is 8.03. The van der Waals surface area contributed by atoms with Crippen molar-refractivity contribution in [3.05, 3.63) is 77.2 Å². The predicted octanol–water partition coefficient (Wildman–Crippen LogP) is 3.41. The van der Waals surface area contributed by atoms with Gasteiger partial charge in [-0.2, -0.15) is 0 Å². The van der Waals surface area contributed by atoms with Gasteiger partial charge in [-0.25, -0.2) is 14.8 Å². The Morgan fingerprint density at radius 2 is 1.64 bits per heavy atom. The first-order valence-electron chi connectivity index (χ1n) is 10.7. The van der Waals surface area contributed by atoms with Gasteiger partial charge in [-0.05, 0) is 23.3 Å². The van der Waals surface area contributed by atoms with Crippen molar-refractivity contribution in [3.63, 3.8) is 0 Å². The minimum Gasteiger partial charge on any atom is -0.479 e. The van der Waals surface area contributed by atoms with Crippen LogP contribution in [0.5, 0.6) is 0 Å². The highest BCUT2D eigenvalue weighted by Crippen LogP contribution is 2.37. The van der Waals surface area contributed by atoms with Crippen LogP contribution in [0.25, 0.3) is 5.70 Å². The van der Waals surface area contributed by atoms with Crippen molar-refractivity contribution in [2.45, 2.75) is 44.6 Å². The second kappa shape index (κ2) is 10.7. The standard InChI is InChI=1S/C25H28N2O5S/c1-16(2)23-24(30)27(21(15-33-23)19-12-8-5-9-13-19)26(17(3)28)20(22(29)25(31)32)14-18-10-6-4-7-11-18/h4-13,15-16,20,22-23,29H,14H2,1-3H3,(H,31,32)/t20-,22?,23?/m0/s1. The number of carboxylic acid groups (broad SMARTS) is 1. The Hall–Kier alpha value is -3.10. The third-order valence-electron chi connectivity index (χ3n) is 5.44. The first kappa shape index (κ1) is 24.5. The number of rotatable bonds is 8. The summed E-state index contributed by atoms with van der Waals surface area (Å²) in [6, 6.07) is 16.9. The number of amides is 2. The molecule has 2 aromatic rings. The van der Waals surface area contributed by atoms with Crippen LogP contribution in [-0.4, -0.2) is 55.4 Å². The lowest BCUT2D eigenvalue weighted by molar-refractivity contribution is -0.170. The topological polar surface area (TPSA) is 98.2 Å². The van der Waals surface area contributed by atoms with Crippen molar-refractivity contribution in [2.24, 2.45) is 5.92 Å². The molecule has 174 valence electrons. The summed E-state index contributed by atoms with van der Waals surface area (Å²) in [5.74, 6) is -2.36. The Kier molecular flexibility index (Phi) is 7.94. The Balaban J connectivity index is 2.15. The molecule has 33 heavy (non-hydrogen) atoms. The van der Waals surface area contributed by atoms with E-state index in [1.54, 1.807) is 24.3 Å². The molecule has 0 aromatic heterocycles. The van der Waals surface area contributed by atoms with Crippen LogP contribution in [0.2, 0.25) is 0 Å². The van der Waals surface area contributed by atoms with Crippen molar-refractivity contribution in [3.8, 4) is 0 Å². The first-order valence-corrected chi connectivity index (χ1v) is 11.7. The molecule has 1 aliphatic rings. The number of hydrogen-bond donors (Lipinski definition) is 2. The molecular weight excluding hydrogens is 440 g/mol. The van der Waals surface area contributed by atoms with E-state index in [1.807, 2.05) is 55.7 Å². The first-order chi connectivity index (χ1) is 15.7. The number of carbonyl (C=O) groups is 3. The highest BCUT2D eigenvalue weighted by atomic mass is 32.2. The van der Waals surface area contributed by atoms with Crippen LogP contribution in [0, 0.1) is 5.92 Å². The van der Waals surface area contributed by atoms with Crippen LogP contribution in [-0.2, 0) is 20.8 Å². The molecule has 0 bridgehead atoms. The van der Waals surface area contributed by atoms with E-state index in [0.717, 1.165) is 10.6 Å². The van der Waals surface area contributed by atoms with Gasteiger partial charge in [0, 0.05) is 12.5 Å². The lowest BCUT2D eigenvalue weighted by Crippen LogP contribution is -2.61. The number of aliphatic carboxylic acids is 1. The van der Waals surface area contributed by atoms with Gasteiger partial charge in [0.25, 0.3) is 5.91 Å². The molecule has 7 nitrogen and oxygen atoms in total. The minimum absolute atomic E-state index is 0.0237. The van der Waals surface area contributed by atoms with Crippen LogP contribution in [0.4, 0.5) is 0 Å². The van der Waals surface area contributed by atoms with Gasteiger partial charge in [0.05, 0.1) is 17.0 Å². The number of aliphatic hydroxyl groups excluding tert-OH is 1. The predicted molar refractivity (Wildman–Crippen MR) is 128 cm³/mol. The second-order valence-electron chi connectivity index (χ2n) is 8.22. The molecule has 2 unspecified atom stereocenters. The lowest BCUT2D eigenvalue weighted by atomic mass is 10.00. The SMILES string of the molecule is CC(=O)N([C@@H](Cc1ccccc1)C(O)C(=O)O)N1C(=O)C(C(C)C)SC=C1c1ccccc1. The molecule has 0 saturated carbocycles. The summed E-state index contributed by atoms with van der Waals surface area (Å²) in [4.78, 5) is 38.5. The van der Waals surface area contributed by atoms with Gasteiger partial charge < -0.3 is 10.2 Å². The maximum atomic E-state index is 13.7. The number of carbonyl (C=O) groups excluding carboxylic acids is 2. The summed E-state index contributed by atoms with van der Waals surface area (Å²) in [6.07, 6.45) is -1.84. The van der Waals surface area contributed by atoms with E-state index >= 15 is 0 Å². The van der Waals surface area contributed by atoms with E-state index < -0.39 is 29.3 Å². The maximum Gasteiger partial charge on any atom is 0.334 e. The molecule has 0 aliphatic carbocycles. The zero-order chi connectivity index (χ0) is 24.1. The summed E-state index contributed by atoms with van der Waals surface area (Å²) >= 11 is 1.38.